The number of hydrogen-bond donors (Lipinski definition) is 1. The molecule has 0 saturated carbocycles. The van der Waals surface area contributed by atoms with Gasteiger partial charge in [0.2, 0.25) is 0 Å². The van der Waals surface area contributed by atoms with Gasteiger partial charge in [-0.25, -0.2) is 4.79 Å². The minimum absolute atomic E-state index is 0.186. The number of fused-ring (bicyclic) bond motifs is 1. The molecule has 2 aromatic rings. The molecule has 2 amide bonds. The first-order valence-corrected chi connectivity index (χ1v) is 9.87. The molecule has 0 spiro atoms. The summed E-state index contributed by atoms with van der Waals surface area (Å²) in [5, 5.41) is 9.81. The van der Waals surface area contributed by atoms with Crippen molar-refractivity contribution < 1.29 is 14.7 Å². The van der Waals surface area contributed by atoms with Crippen molar-refractivity contribution in [3.63, 3.8) is 0 Å². The van der Waals surface area contributed by atoms with Gasteiger partial charge in [0, 0.05) is 16.2 Å². The molecule has 1 aliphatic rings. The summed E-state index contributed by atoms with van der Waals surface area (Å²) in [4.78, 5) is 29.5. The highest BCUT2D eigenvalue weighted by molar-refractivity contribution is 7.99. The third-order valence-corrected chi connectivity index (χ3v) is 5.67. The molecule has 0 saturated heterocycles. The van der Waals surface area contributed by atoms with E-state index < -0.39 is 17.7 Å². The molecule has 1 heterocycles. The highest BCUT2D eigenvalue weighted by Gasteiger charge is 2.41. The van der Waals surface area contributed by atoms with Crippen molar-refractivity contribution in [2.24, 2.45) is 0 Å². The lowest BCUT2D eigenvalue weighted by Gasteiger charge is -2.39. The number of hydrogen-bond acceptors (Lipinski definition) is 3. The molecule has 1 atom stereocenters. The number of carbonyl (C=O) groups is 2. The van der Waals surface area contributed by atoms with Gasteiger partial charge in [-0.3, -0.25) is 9.69 Å². The molecule has 1 N–H and O–H groups in total. The van der Waals surface area contributed by atoms with E-state index in [9.17, 15) is 14.7 Å². The molecule has 1 aliphatic heterocycles. The molecule has 0 bridgehead atoms. The quantitative estimate of drug-likeness (QED) is 0.848. The van der Waals surface area contributed by atoms with Crippen LogP contribution in [0.5, 0.6) is 0 Å². The van der Waals surface area contributed by atoms with E-state index in [-0.39, 0.29) is 5.91 Å². The average Bonchev–Trinajstić information content (AvgIpc) is 2.74. The van der Waals surface area contributed by atoms with Crippen LogP contribution in [-0.4, -0.2) is 39.3 Å². The van der Waals surface area contributed by atoms with Crippen LogP contribution in [0.25, 0.3) is 0 Å². The molecular formula is C21H24N2O3S. The first-order chi connectivity index (χ1) is 12.8. The fourth-order valence-electron chi connectivity index (χ4n) is 3.34. The van der Waals surface area contributed by atoms with Gasteiger partial charge < -0.3 is 10.0 Å². The number of para-hydroxylation sites is 1. The van der Waals surface area contributed by atoms with E-state index in [1.165, 1.54) is 16.7 Å². The summed E-state index contributed by atoms with van der Waals surface area (Å²) in [5.41, 5.74) is 1.16. The Labute approximate surface area is 164 Å². The molecular weight excluding hydrogens is 360 g/mol. The van der Waals surface area contributed by atoms with Gasteiger partial charge in [0.05, 0.1) is 12.2 Å². The van der Waals surface area contributed by atoms with Crippen LogP contribution in [0.4, 0.5) is 10.5 Å². The lowest BCUT2D eigenvalue weighted by molar-refractivity contribution is -0.124. The van der Waals surface area contributed by atoms with Gasteiger partial charge in [-0.15, -0.1) is 11.8 Å². The van der Waals surface area contributed by atoms with Crippen molar-refractivity contribution >= 4 is 29.4 Å². The third kappa shape index (κ3) is 4.11. The van der Waals surface area contributed by atoms with Crippen LogP contribution in [0.3, 0.4) is 0 Å². The molecule has 0 aromatic heterocycles. The number of anilines is 1. The summed E-state index contributed by atoms with van der Waals surface area (Å²) in [6, 6.07) is 16.8. The summed E-state index contributed by atoms with van der Waals surface area (Å²) in [5.74, 6) is 0.207. The molecule has 0 unspecified atom stereocenters. The number of benzene rings is 2. The first kappa shape index (κ1) is 19.3. The van der Waals surface area contributed by atoms with E-state index >= 15 is 0 Å². The molecule has 0 radical (unpaired) electrons. The zero-order valence-corrected chi connectivity index (χ0v) is 16.6. The van der Waals surface area contributed by atoms with Gasteiger partial charge in [0.1, 0.15) is 6.04 Å². The van der Waals surface area contributed by atoms with Gasteiger partial charge in [0.25, 0.3) is 5.91 Å². The van der Waals surface area contributed by atoms with E-state index in [2.05, 4.69) is 0 Å². The van der Waals surface area contributed by atoms with Crippen LogP contribution in [0.15, 0.2) is 59.5 Å². The molecule has 2 aromatic carbocycles. The van der Waals surface area contributed by atoms with Crippen LogP contribution in [0.2, 0.25) is 0 Å². The van der Waals surface area contributed by atoms with E-state index in [4.69, 9.17) is 0 Å². The topological polar surface area (TPSA) is 60.9 Å². The van der Waals surface area contributed by atoms with E-state index in [0.717, 1.165) is 16.1 Å². The fourth-order valence-corrected chi connectivity index (χ4v) is 4.47. The van der Waals surface area contributed by atoms with Gasteiger partial charge in [0.15, 0.2) is 0 Å². The lowest BCUT2D eigenvalue weighted by Crippen LogP contribution is -2.58. The van der Waals surface area contributed by atoms with Crippen LogP contribution < -0.4 is 4.90 Å². The van der Waals surface area contributed by atoms with Crippen molar-refractivity contribution in [3.05, 3.63) is 60.2 Å². The SMILES string of the molecule is CC(C)(C)N(C(=O)O)[C@H]1CSc2ccccc2N(Cc2ccccc2)C1=O. The normalized spacial score (nSPS) is 17.2. The zero-order valence-electron chi connectivity index (χ0n) is 15.8. The number of rotatable bonds is 3. The van der Waals surface area contributed by atoms with E-state index in [1.54, 1.807) is 4.90 Å². The Kier molecular flexibility index (Phi) is 5.46. The molecule has 27 heavy (non-hydrogen) atoms. The predicted molar refractivity (Wildman–Crippen MR) is 108 cm³/mol. The Balaban J connectivity index is 2.04. The maximum absolute atomic E-state index is 13.5. The van der Waals surface area contributed by atoms with Gasteiger partial charge >= 0.3 is 6.09 Å². The van der Waals surface area contributed by atoms with Crippen LogP contribution in [-0.2, 0) is 11.3 Å². The molecule has 142 valence electrons. The Hall–Kier alpha value is -2.47. The Morgan fingerprint density at radius 1 is 1.15 bits per heavy atom. The minimum Gasteiger partial charge on any atom is -0.465 e. The maximum Gasteiger partial charge on any atom is 0.408 e. The predicted octanol–water partition coefficient (Wildman–Crippen LogP) is 4.47. The van der Waals surface area contributed by atoms with E-state index in [1.807, 2.05) is 75.4 Å². The summed E-state index contributed by atoms with van der Waals surface area (Å²) < 4.78 is 0. The summed E-state index contributed by atoms with van der Waals surface area (Å²) in [7, 11) is 0. The van der Waals surface area contributed by atoms with E-state index in [0.29, 0.717) is 12.3 Å². The number of carbonyl (C=O) groups excluding carboxylic acids is 1. The van der Waals surface area contributed by atoms with Crippen LogP contribution in [0, 0.1) is 0 Å². The Morgan fingerprint density at radius 3 is 2.41 bits per heavy atom. The number of carboxylic acid groups (broad SMARTS) is 1. The highest BCUT2D eigenvalue weighted by Crippen LogP contribution is 2.37. The standard InChI is InChI=1S/C21H24N2O3S/c1-21(2,3)23(20(25)26)17-14-27-18-12-8-7-11-16(18)22(19(17)24)13-15-9-5-4-6-10-15/h4-12,17H,13-14H2,1-3H3,(H,25,26)/t17-/m0/s1. The molecule has 3 rings (SSSR count). The second-order valence-electron chi connectivity index (χ2n) is 7.53. The zero-order chi connectivity index (χ0) is 19.6. The van der Waals surface area contributed by atoms with Gasteiger partial charge in [-0.05, 0) is 38.5 Å². The monoisotopic (exact) mass is 384 g/mol. The second kappa shape index (κ2) is 7.64. The summed E-state index contributed by atoms with van der Waals surface area (Å²) in [6.07, 6.45) is -1.08. The largest absolute Gasteiger partial charge is 0.465 e. The molecule has 0 fully saturated rings. The summed E-state index contributed by atoms with van der Waals surface area (Å²) >= 11 is 1.53. The van der Waals surface area contributed by atoms with Gasteiger partial charge in [-0.1, -0.05) is 42.5 Å². The van der Waals surface area contributed by atoms with Crippen molar-refractivity contribution in [1.29, 1.82) is 0 Å². The van der Waals surface area contributed by atoms with Crippen molar-refractivity contribution in [2.45, 2.75) is 43.8 Å². The Bertz CT molecular complexity index is 833. The van der Waals surface area contributed by atoms with Crippen LogP contribution >= 0.6 is 11.8 Å². The van der Waals surface area contributed by atoms with Crippen molar-refractivity contribution in [2.75, 3.05) is 10.7 Å². The van der Waals surface area contributed by atoms with Crippen molar-refractivity contribution in [3.8, 4) is 0 Å². The first-order valence-electron chi connectivity index (χ1n) is 8.88. The molecule has 6 heteroatoms. The van der Waals surface area contributed by atoms with Crippen molar-refractivity contribution in [1.82, 2.24) is 4.90 Å². The second-order valence-corrected chi connectivity index (χ2v) is 8.59. The fraction of sp³-hybridized carbons (Fsp3) is 0.333. The molecule has 5 nitrogen and oxygen atoms in total. The summed E-state index contributed by atoms with van der Waals surface area (Å²) in [6.45, 7) is 5.86. The number of thioether (sulfide) groups is 1. The number of nitrogens with zero attached hydrogens (tertiary/aromatic N) is 2. The maximum atomic E-state index is 13.5. The van der Waals surface area contributed by atoms with Gasteiger partial charge in [-0.2, -0.15) is 0 Å². The lowest BCUT2D eigenvalue weighted by atomic mass is 10.0. The minimum atomic E-state index is -1.08. The third-order valence-electron chi connectivity index (χ3n) is 4.53. The molecule has 0 aliphatic carbocycles. The Morgan fingerprint density at radius 2 is 1.78 bits per heavy atom. The van der Waals surface area contributed by atoms with Crippen LogP contribution in [0.1, 0.15) is 26.3 Å². The average molecular weight is 385 g/mol. The number of amides is 2. The highest BCUT2D eigenvalue weighted by atomic mass is 32.2. The smallest absolute Gasteiger partial charge is 0.408 e.